The standard InChI is InChI=1S/C29H33F3N6O2/c1-3-26(39)36-13-15-37(16-14-36)27-21-10-12-38(25-9-5-4-8-23(25)29(30,31)32)18-24(21)34-28(22(27)17-33)40-19-20-7-6-11-35(20)2/h3-5,8-9,20H,1,6-7,10-16,18-19H2,2H3/t20-/m0/s1. The van der Waals surface area contributed by atoms with E-state index in [9.17, 15) is 23.2 Å². The van der Waals surface area contributed by atoms with Gasteiger partial charge in [-0.1, -0.05) is 18.7 Å². The number of nitriles is 1. The van der Waals surface area contributed by atoms with Gasteiger partial charge in [0.05, 0.1) is 23.5 Å². The lowest BCUT2D eigenvalue weighted by molar-refractivity contribution is -0.137. The minimum Gasteiger partial charge on any atom is -0.475 e. The predicted octanol–water partition coefficient (Wildman–Crippen LogP) is 3.84. The van der Waals surface area contributed by atoms with Crippen LogP contribution < -0.4 is 14.5 Å². The lowest BCUT2D eigenvalue weighted by atomic mass is 9.97. The van der Waals surface area contributed by atoms with Gasteiger partial charge in [0, 0.05) is 50.0 Å². The van der Waals surface area contributed by atoms with Gasteiger partial charge in [-0.15, -0.1) is 0 Å². The van der Waals surface area contributed by atoms with E-state index < -0.39 is 11.7 Å². The SMILES string of the molecule is C=CC(=O)N1CCN(c2c(C#N)c(OC[C@@H]3CCCN3C)nc3c2CCN(c2ccccc2C(F)(F)F)C3)CC1. The molecule has 3 aliphatic heterocycles. The highest BCUT2D eigenvalue weighted by atomic mass is 19.4. The van der Waals surface area contributed by atoms with Crippen molar-refractivity contribution in [1.29, 1.82) is 5.26 Å². The summed E-state index contributed by atoms with van der Waals surface area (Å²) in [7, 11) is 2.04. The lowest BCUT2D eigenvalue weighted by Crippen LogP contribution is -2.49. The van der Waals surface area contributed by atoms with Crippen LogP contribution in [-0.2, 0) is 23.9 Å². The zero-order valence-corrected chi connectivity index (χ0v) is 22.6. The summed E-state index contributed by atoms with van der Waals surface area (Å²) in [5.74, 6) is 0.0766. The van der Waals surface area contributed by atoms with E-state index in [0.29, 0.717) is 57.0 Å². The van der Waals surface area contributed by atoms with Crippen molar-refractivity contribution in [3.8, 4) is 11.9 Å². The molecule has 1 atom stereocenters. The number of carbonyl (C=O) groups excluding carboxylic acids is 1. The van der Waals surface area contributed by atoms with Crippen LogP contribution >= 0.6 is 0 Å². The average Bonchev–Trinajstić information content (AvgIpc) is 3.38. The molecule has 0 saturated carbocycles. The molecule has 0 aliphatic carbocycles. The van der Waals surface area contributed by atoms with Gasteiger partial charge < -0.3 is 24.3 Å². The first-order valence-corrected chi connectivity index (χ1v) is 13.6. The number of nitrogens with zero attached hydrogens (tertiary/aromatic N) is 6. The number of alkyl halides is 3. The molecule has 5 rings (SSSR count). The first-order chi connectivity index (χ1) is 19.2. The largest absolute Gasteiger partial charge is 0.475 e. The number of likely N-dealkylation sites (tertiary alicyclic amines) is 1. The van der Waals surface area contributed by atoms with Crippen LogP contribution in [0.25, 0.3) is 0 Å². The molecule has 0 N–H and O–H groups in total. The summed E-state index contributed by atoms with van der Waals surface area (Å²) in [6.45, 7) is 7.40. The predicted molar refractivity (Wildman–Crippen MR) is 145 cm³/mol. The smallest absolute Gasteiger partial charge is 0.418 e. The summed E-state index contributed by atoms with van der Waals surface area (Å²) in [6.07, 6.45) is -0.707. The molecule has 2 fully saturated rings. The Morgan fingerprint density at radius 2 is 1.93 bits per heavy atom. The number of benzene rings is 1. The fourth-order valence-electron chi connectivity index (χ4n) is 5.93. The van der Waals surface area contributed by atoms with E-state index in [1.165, 1.54) is 18.2 Å². The Kier molecular flexibility index (Phi) is 7.90. The number of halogens is 3. The summed E-state index contributed by atoms with van der Waals surface area (Å²) in [6, 6.07) is 8.10. The number of rotatable bonds is 6. The normalized spacial score (nSPS) is 19.8. The molecule has 2 aromatic rings. The third-order valence-corrected chi connectivity index (χ3v) is 8.12. The van der Waals surface area contributed by atoms with E-state index in [1.54, 1.807) is 15.9 Å². The van der Waals surface area contributed by atoms with Gasteiger partial charge in [0.25, 0.3) is 0 Å². The highest BCUT2D eigenvalue weighted by Crippen LogP contribution is 2.41. The number of amides is 1. The first kappa shape index (κ1) is 27.8. The molecule has 3 aliphatic rings. The van der Waals surface area contributed by atoms with Gasteiger partial charge in [-0.05, 0) is 51.1 Å². The van der Waals surface area contributed by atoms with Crippen LogP contribution in [0.15, 0.2) is 36.9 Å². The fraction of sp³-hybridized carbons (Fsp3) is 0.483. The topological polar surface area (TPSA) is 75.9 Å². The van der Waals surface area contributed by atoms with E-state index in [0.717, 1.165) is 36.7 Å². The third-order valence-electron chi connectivity index (χ3n) is 8.12. The number of para-hydroxylation sites is 1. The second-order valence-electron chi connectivity index (χ2n) is 10.5. The van der Waals surface area contributed by atoms with Crippen molar-refractivity contribution in [3.05, 3.63) is 59.3 Å². The molecule has 1 amide bonds. The second kappa shape index (κ2) is 11.4. The van der Waals surface area contributed by atoms with E-state index in [1.807, 2.05) is 7.05 Å². The van der Waals surface area contributed by atoms with Crippen molar-refractivity contribution in [2.75, 3.05) is 62.7 Å². The minimum absolute atomic E-state index is 0.111. The molecule has 0 unspecified atom stereocenters. The van der Waals surface area contributed by atoms with Crippen molar-refractivity contribution in [2.24, 2.45) is 0 Å². The maximum Gasteiger partial charge on any atom is 0.418 e. The van der Waals surface area contributed by atoms with Crippen molar-refractivity contribution < 1.29 is 22.7 Å². The number of pyridine rings is 1. The zero-order valence-electron chi connectivity index (χ0n) is 22.6. The number of hydrogen-bond donors (Lipinski definition) is 0. The van der Waals surface area contributed by atoms with E-state index in [2.05, 4.69) is 22.4 Å². The minimum atomic E-state index is -4.48. The van der Waals surface area contributed by atoms with Gasteiger partial charge in [0.1, 0.15) is 18.2 Å². The van der Waals surface area contributed by atoms with Crippen LogP contribution in [0.2, 0.25) is 0 Å². The number of anilines is 2. The molecule has 40 heavy (non-hydrogen) atoms. The van der Waals surface area contributed by atoms with Crippen LogP contribution in [0.5, 0.6) is 5.88 Å². The van der Waals surface area contributed by atoms with Gasteiger partial charge >= 0.3 is 6.18 Å². The van der Waals surface area contributed by atoms with Crippen LogP contribution in [0.3, 0.4) is 0 Å². The van der Waals surface area contributed by atoms with Gasteiger partial charge in [-0.25, -0.2) is 4.98 Å². The number of aromatic nitrogens is 1. The molecule has 8 nitrogen and oxygen atoms in total. The molecule has 4 heterocycles. The highest BCUT2D eigenvalue weighted by molar-refractivity contribution is 5.87. The number of likely N-dealkylation sites (N-methyl/N-ethyl adjacent to an activating group) is 1. The summed E-state index contributed by atoms with van der Waals surface area (Å²) in [5.41, 5.74) is 1.95. The van der Waals surface area contributed by atoms with Crippen molar-refractivity contribution >= 4 is 17.3 Å². The van der Waals surface area contributed by atoms with Gasteiger partial charge in [0.2, 0.25) is 11.8 Å². The maximum atomic E-state index is 13.8. The number of ether oxygens (including phenoxy) is 1. The maximum absolute atomic E-state index is 13.8. The van der Waals surface area contributed by atoms with Crippen LogP contribution in [-0.4, -0.2) is 79.7 Å². The first-order valence-electron chi connectivity index (χ1n) is 13.6. The average molecular weight is 555 g/mol. The molecule has 1 aromatic carbocycles. The number of hydrogen-bond acceptors (Lipinski definition) is 7. The fourth-order valence-corrected chi connectivity index (χ4v) is 5.93. The quantitative estimate of drug-likeness (QED) is 0.503. The van der Waals surface area contributed by atoms with E-state index in [-0.39, 0.29) is 30.1 Å². The Hall–Kier alpha value is -3.78. The molecule has 0 spiro atoms. The molecule has 0 radical (unpaired) electrons. The lowest BCUT2D eigenvalue weighted by Gasteiger charge is -2.39. The van der Waals surface area contributed by atoms with Gasteiger partial charge in [0.15, 0.2) is 0 Å². The molecule has 1 aromatic heterocycles. The van der Waals surface area contributed by atoms with Crippen LogP contribution in [0.4, 0.5) is 24.5 Å². The summed E-state index contributed by atoms with van der Waals surface area (Å²) in [4.78, 5) is 24.6. The molecule has 0 bridgehead atoms. The number of carbonyl (C=O) groups is 1. The molecule has 2 saturated heterocycles. The third kappa shape index (κ3) is 5.45. The summed E-state index contributed by atoms with van der Waals surface area (Å²) < 4.78 is 47.7. The summed E-state index contributed by atoms with van der Waals surface area (Å²) in [5, 5.41) is 10.3. The Morgan fingerprint density at radius 1 is 1.18 bits per heavy atom. The second-order valence-corrected chi connectivity index (χ2v) is 10.5. The molecular formula is C29H33F3N6O2. The Labute approximate surface area is 232 Å². The Balaban J connectivity index is 1.51. The number of piperazine rings is 1. The highest BCUT2D eigenvalue weighted by Gasteiger charge is 2.37. The van der Waals surface area contributed by atoms with E-state index >= 15 is 0 Å². The van der Waals surface area contributed by atoms with Crippen molar-refractivity contribution in [1.82, 2.24) is 14.8 Å². The van der Waals surface area contributed by atoms with Crippen LogP contribution in [0, 0.1) is 11.3 Å². The van der Waals surface area contributed by atoms with Gasteiger partial charge in [-0.3, -0.25) is 4.79 Å². The van der Waals surface area contributed by atoms with Crippen LogP contribution in [0.1, 0.15) is 35.2 Å². The Bertz CT molecular complexity index is 1320. The molecule has 212 valence electrons. The summed E-state index contributed by atoms with van der Waals surface area (Å²) >= 11 is 0. The number of fused-ring (bicyclic) bond motifs is 1. The monoisotopic (exact) mass is 554 g/mol. The molecular weight excluding hydrogens is 521 g/mol. The zero-order chi connectivity index (χ0) is 28.4. The van der Waals surface area contributed by atoms with Gasteiger partial charge in [-0.2, -0.15) is 18.4 Å². The Morgan fingerprint density at radius 3 is 2.58 bits per heavy atom. The van der Waals surface area contributed by atoms with Crippen molar-refractivity contribution in [2.45, 2.75) is 38.0 Å². The molecule has 11 heteroatoms. The van der Waals surface area contributed by atoms with Crippen molar-refractivity contribution in [3.63, 3.8) is 0 Å². The van der Waals surface area contributed by atoms with E-state index in [4.69, 9.17) is 9.72 Å².